The highest BCUT2D eigenvalue weighted by Gasteiger charge is 2.19. The number of hydrogen-bond acceptors (Lipinski definition) is 5. The molecule has 0 amide bonds. The highest BCUT2D eigenvalue weighted by Crippen LogP contribution is 2.45. The largest absolute Gasteiger partial charge is 0.491 e. The van der Waals surface area contributed by atoms with Gasteiger partial charge in [0.25, 0.3) is 0 Å². The maximum atomic E-state index is 11.2. The Hall–Kier alpha value is -1.62. The molecule has 2 N–H and O–H groups in total. The molecule has 0 spiro atoms. The number of carbonyl (C=O) groups excluding carboxylic acids is 1. The summed E-state index contributed by atoms with van der Waals surface area (Å²) in [6, 6.07) is 1.43. The predicted molar refractivity (Wildman–Crippen MR) is 64.9 cm³/mol. The van der Waals surface area contributed by atoms with E-state index in [1.807, 2.05) is 0 Å². The monoisotopic (exact) mass is 259 g/mol. The molecule has 1 rings (SSSR count). The van der Waals surface area contributed by atoms with Crippen LogP contribution in [-0.4, -0.2) is 20.2 Å². The van der Waals surface area contributed by atoms with Crippen LogP contribution in [0.15, 0.2) is 6.07 Å². The number of nitrogen functional groups attached to an aromatic ring is 1. The second kappa shape index (κ2) is 5.63. The number of ether oxygens (including phenoxy) is 3. The summed E-state index contributed by atoms with van der Waals surface area (Å²) in [6.07, 6.45) is 0.241. The summed E-state index contributed by atoms with van der Waals surface area (Å²) in [7, 11) is 2.87. The Morgan fingerprint density at radius 2 is 1.94 bits per heavy atom. The fraction of sp³-hybridized carbons (Fsp3) is 0.364. The van der Waals surface area contributed by atoms with Gasteiger partial charge in [0.05, 0.1) is 19.9 Å². The first kappa shape index (κ1) is 13.4. The van der Waals surface area contributed by atoms with Crippen LogP contribution in [-0.2, 0) is 4.79 Å². The van der Waals surface area contributed by atoms with E-state index in [0.717, 1.165) is 0 Å². The normalized spacial score (nSPS) is 9.88. The fourth-order valence-electron chi connectivity index (χ4n) is 1.27. The third kappa shape index (κ3) is 2.74. The van der Waals surface area contributed by atoms with E-state index in [1.165, 1.54) is 20.3 Å². The molecule has 0 aliphatic heterocycles. The number of halogens is 1. The van der Waals surface area contributed by atoms with Gasteiger partial charge in [0.15, 0.2) is 17.2 Å². The fourth-order valence-corrected chi connectivity index (χ4v) is 1.53. The first-order chi connectivity index (χ1) is 8.04. The summed E-state index contributed by atoms with van der Waals surface area (Å²) in [5.74, 6) is 0.314. The summed E-state index contributed by atoms with van der Waals surface area (Å²) in [4.78, 5) is 11.2. The minimum absolute atomic E-state index is 0.153. The second-order valence-corrected chi connectivity index (χ2v) is 3.55. The first-order valence-electron chi connectivity index (χ1n) is 4.95. The summed E-state index contributed by atoms with van der Waals surface area (Å²) < 4.78 is 15.2. The summed E-state index contributed by atoms with van der Waals surface area (Å²) >= 11 is 6.03. The molecule has 0 saturated heterocycles. The van der Waals surface area contributed by atoms with Gasteiger partial charge >= 0.3 is 5.97 Å². The minimum Gasteiger partial charge on any atom is -0.491 e. The average Bonchev–Trinajstić information content (AvgIpc) is 2.32. The Kier molecular flexibility index (Phi) is 4.45. The maximum Gasteiger partial charge on any atom is 0.310 e. The topological polar surface area (TPSA) is 70.8 Å². The second-order valence-electron chi connectivity index (χ2n) is 3.17. The predicted octanol–water partition coefficient (Wildman–Crippen LogP) is 2.25. The molecule has 0 fully saturated rings. The Balaban J connectivity index is 3.25. The molecule has 0 bridgehead atoms. The van der Waals surface area contributed by atoms with Crippen molar-refractivity contribution in [2.45, 2.75) is 13.3 Å². The zero-order valence-corrected chi connectivity index (χ0v) is 10.6. The number of carbonyl (C=O) groups is 1. The van der Waals surface area contributed by atoms with Crippen molar-refractivity contribution >= 4 is 23.3 Å². The van der Waals surface area contributed by atoms with Crippen LogP contribution in [0.4, 0.5) is 5.69 Å². The van der Waals surface area contributed by atoms with Gasteiger partial charge in [-0.25, -0.2) is 0 Å². The Morgan fingerprint density at radius 3 is 2.41 bits per heavy atom. The third-order valence-corrected chi connectivity index (χ3v) is 2.45. The van der Waals surface area contributed by atoms with Crippen LogP contribution in [0, 0.1) is 0 Å². The molecular formula is C11H14ClNO4. The highest BCUT2D eigenvalue weighted by atomic mass is 35.5. The highest BCUT2D eigenvalue weighted by molar-refractivity contribution is 6.34. The maximum absolute atomic E-state index is 11.2. The number of nitrogens with two attached hydrogens (primary N) is 1. The Bertz CT molecular complexity index is 434. The van der Waals surface area contributed by atoms with Gasteiger partial charge in [0.1, 0.15) is 5.02 Å². The van der Waals surface area contributed by atoms with Crippen molar-refractivity contribution in [2.75, 3.05) is 20.0 Å². The SMILES string of the molecule is CCC(=O)Oc1cc(N)c(OC)c(OC)c1Cl. The van der Waals surface area contributed by atoms with Crippen molar-refractivity contribution in [3.8, 4) is 17.2 Å². The van der Waals surface area contributed by atoms with Crippen molar-refractivity contribution in [1.82, 2.24) is 0 Å². The molecule has 0 atom stereocenters. The average molecular weight is 260 g/mol. The molecule has 0 unspecified atom stereocenters. The van der Waals surface area contributed by atoms with Gasteiger partial charge in [-0.1, -0.05) is 18.5 Å². The molecule has 5 nitrogen and oxygen atoms in total. The number of hydrogen-bond donors (Lipinski definition) is 1. The Morgan fingerprint density at radius 1 is 1.35 bits per heavy atom. The van der Waals surface area contributed by atoms with Gasteiger partial charge in [0, 0.05) is 12.5 Å². The van der Waals surface area contributed by atoms with Crippen LogP contribution < -0.4 is 19.9 Å². The van der Waals surface area contributed by atoms with Crippen molar-refractivity contribution in [3.05, 3.63) is 11.1 Å². The number of esters is 1. The van der Waals surface area contributed by atoms with Crippen LogP contribution in [0.1, 0.15) is 13.3 Å². The lowest BCUT2D eigenvalue weighted by atomic mass is 10.2. The molecule has 0 aromatic heterocycles. The van der Waals surface area contributed by atoms with Crippen molar-refractivity contribution in [3.63, 3.8) is 0 Å². The molecule has 0 radical (unpaired) electrons. The Labute approximate surface area is 104 Å². The molecule has 1 aromatic rings. The third-order valence-electron chi connectivity index (χ3n) is 2.09. The van der Waals surface area contributed by atoms with E-state index in [-0.39, 0.29) is 28.6 Å². The zero-order valence-electron chi connectivity index (χ0n) is 9.87. The standard InChI is InChI=1S/C11H14ClNO4/c1-4-8(14)17-7-5-6(13)10(15-2)11(16-3)9(7)12/h5H,4,13H2,1-3H3. The van der Waals surface area contributed by atoms with Gasteiger partial charge < -0.3 is 19.9 Å². The van der Waals surface area contributed by atoms with Gasteiger partial charge in [-0.05, 0) is 0 Å². The van der Waals surface area contributed by atoms with E-state index in [4.69, 9.17) is 31.5 Å². The van der Waals surface area contributed by atoms with E-state index >= 15 is 0 Å². The van der Waals surface area contributed by atoms with Crippen molar-refractivity contribution in [1.29, 1.82) is 0 Å². The van der Waals surface area contributed by atoms with E-state index in [1.54, 1.807) is 6.92 Å². The lowest BCUT2D eigenvalue weighted by Crippen LogP contribution is -2.07. The quantitative estimate of drug-likeness (QED) is 0.510. The molecule has 0 aliphatic carbocycles. The van der Waals surface area contributed by atoms with Gasteiger partial charge in [-0.3, -0.25) is 4.79 Å². The van der Waals surface area contributed by atoms with Crippen LogP contribution in [0.3, 0.4) is 0 Å². The van der Waals surface area contributed by atoms with E-state index < -0.39 is 5.97 Å². The minimum atomic E-state index is -0.404. The van der Waals surface area contributed by atoms with Crippen LogP contribution >= 0.6 is 11.6 Å². The zero-order chi connectivity index (χ0) is 13.0. The van der Waals surface area contributed by atoms with Gasteiger partial charge in [-0.2, -0.15) is 0 Å². The number of rotatable bonds is 4. The summed E-state index contributed by atoms with van der Waals surface area (Å²) in [5.41, 5.74) is 6.02. The lowest BCUT2D eigenvalue weighted by Gasteiger charge is -2.14. The number of methoxy groups -OCH3 is 2. The van der Waals surface area contributed by atoms with Gasteiger partial charge in [0.2, 0.25) is 0 Å². The smallest absolute Gasteiger partial charge is 0.310 e. The molecule has 0 aliphatic rings. The molecule has 17 heavy (non-hydrogen) atoms. The molecule has 6 heteroatoms. The summed E-state index contributed by atoms with van der Waals surface area (Å²) in [6.45, 7) is 1.68. The van der Waals surface area contributed by atoms with Crippen LogP contribution in [0.2, 0.25) is 5.02 Å². The molecule has 0 heterocycles. The molecule has 0 saturated carbocycles. The molecule has 1 aromatic carbocycles. The summed E-state index contributed by atoms with van der Waals surface area (Å²) in [5, 5.41) is 0.153. The molecular weight excluding hydrogens is 246 g/mol. The van der Waals surface area contributed by atoms with Crippen LogP contribution in [0.25, 0.3) is 0 Å². The first-order valence-corrected chi connectivity index (χ1v) is 5.33. The number of benzene rings is 1. The van der Waals surface area contributed by atoms with E-state index in [2.05, 4.69) is 0 Å². The molecule has 94 valence electrons. The lowest BCUT2D eigenvalue weighted by molar-refractivity contribution is -0.134. The van der Waals surface area contributed by atoms with E-state index in [0.29, 0.717) is 5.75 Å². The number of anilines is 1. The van der Waals surface area contributed by atoms with E-state index in [9.17, 15) is 4.79 Å². The van der Waals surface area contributed by atoms with Gasteiger partial charge in [-0.15, -0.1) is 0 Å². The van der Waals surface area contributed by atoms with Crippen LogP contribution in [0.5, 0.6) is 17.2 Å². The van der Waals surface area contributed by atoms with Crippen molar-refractivity contribution < 1.29 is 19.0 Å². The van der Waals surface area contributed by atoms with Crippen molar-refractivity contribution in [2.24, 2.45) is 0 Å².